The number of hydrogen-bond donors (Lipinski definition) is 1. The van der Waals surface area contributed by atoms with E-state index in [2.05, 4.69) is 4.98 Å². The number of fused-ring (bicyclic) bond motifs is 1. The minimum atomic E-state index is -4.57. The second-order valence-electron chi connectivity index (χ2n) is 6.03. The van der Waals surface area contributed by atoms with Crippen LogP contribution in [0.25, 0.3) is 0 Å². The number of alkyl halides is 3. The van der Waals surface area contributed by atoms with E-state index in [0.717, 1.165) is 37.6 Å². The zero-order chi connectivity index (χ0) is 16.8. The fourth-order valence-corrected chi connectivity index (χ4v) is 3.68. The summed E-state index contributed by atoms with van der Waals surface area (Å²) in [6.45, 7) is 0.335. The highest BCUT2D eigenvalue weighted by atomic mass is 19.4. The molecule has 2 heterocycles. The highest BCUT2D eigenvalue weighted by Gasteiger charge is 2.49. The highest BCUT2D eigenvalue weighted by molar-refractivity contribution is 5.96. The maximum Gasteiger partial charge on any atom is 0.433 e. The van der Waals surface area contributed by atoms with Gasteiger partial charge in [-0.05, 0) is 36.8 Å². The molecule has 5 nitrogen and oxygen atoms in total. The lowest BCUT2D eigenvalue weighted by Crippen LogP contribution is -2.43. The molecule has 1 aromatic heterocycles. The quantitative estimate of drug-likeness (QED) is 0.905. The molecule has 1 aliphatic carbocycles. The van der Waals surface area contributed by atoms with E-state index in [4.69, 9.17) is 0 Å². The van der Waals surface area contributed by atoms with Crippen molar-refractivity contribution in [2.75, 3.05) is 6.54 Å². The lowest BCUT2D eigenvalue weighted by molar-refractivity contribution is -0.143. The van der Waals surface area contributed by atoms with Crippen LogP contribution in [0, 0.1) is 11.8 Å². The molecule has 124 valence electrons. The molecule has 8 heteroatoms. The second kappa shape index (κ2) is 5.50. The van der Waals surface area contributed by atoms with Crippen molar-refractivity contribution in [2.24, 2.45) is 11.8 Å². The van der Waals surface area contributed by atoms with Crippen molar-refractivity contribution >= 4 is 11.9 Å². The van der Waals surface area contributed by atoms with Gasteiger partial charge in [0, 0.05) is 12.7 Å². The number of nitrogens with zero attached hydrogens (tertiary/aromatic N) is 2. The van der Waals surface area contributed by atoms with E-state index < -0.39 is 29.8 Å². The van der Waals surface area contributed by atoms with Gasteiger partial charge >= 0.3 is 12.1 Å². The van der Waals surface area contributed by atoms with Crippen LogP contribution < -0.4 is 0 Å². The maximum absolute atomic E-state index is 12.5. The average Bonchev–Trinajstić information content (AvgIpc) is 3.05. The van der Waals surface area contributed by atoms with E-state index in [1.807, 2.05) is 0 Å². The van der Waals surface area contributed by atoms with Crippen molar-refractivity contribution in [1.82, 2.24) is 9.88 Å². The first-order chi connectivity index (χ1) is 10.8. The number of carbonyl (C=O) groups is 2. The Morgan fingerprint density at radius 3 is 2.57 bits per heavy atom. The number of rotatable bonds is 2. The number of carboxylic acids is 1. The van der Waals surface area contributed by atoms with Gasteiger partial charge in [-0.2, -0.15) is 13.2 Å². The van der Waals surface area contributed by atoms with E-state index in [-0.39, 0.29) is 17.4 Å². The maximum atomic E-state index is 12.5. The fraction of sp³-hybridized carbons (Fsp3) is 0.533. The summed E-state index contributed by atoms with van der Waals surface area (Å²) < 4.78 is 37.5. The Balaban J connectivity index is 1.83. The van der Waals surface area contributed by atoms with Crippen LogP contribution in [-0.4, -0.2) is 39.5 Å². The molecule has 0 bridgehead atoms. The van der Waals surface area contributed by atoms with E-state index in [1.54, 1.807) is 0 Å². The van der Waals surface area contributed by atoms with Gasteiger partial charge in [-0.3, -0.25) is 9.78 Å². The molecule has 1 aliphatic heterocycles. The fourth-order valence-electron chi connectivity index (χ4n) is 3.68. The molecule has 3 unspecified atom stereocenters. The first-order valence-corrected chi connectivity index (χ1v) is 7.36. The predicted molar refractivity (Wildman–Crippen MR) is 72.5 cm³/mol. The minimum Gasteiger partial charge on any atom is -0.480 e. The van der Waals surface area contributed by atoms with Crippen molar-refractivity contribution in [1.29, 1.82) is 0 Å². The van der Waals surface area contributed by atoms with Crippen molar-refractivity contribution in [2.45, 2.75) is 31.5 Å². The molecule has 1 saturated carbocycles. The number of carbonyl (C=O) groups excluding carboxylic acids is 1. The molecule has 2 aliphatic rings. The number of pyridine rings is 1. The summed E-state index contributed by atoms with van der Waals surface area (Å²) in [6, 6.07) is 0.878. The summed E-state index contributed by atoms with van der Waals surface area (Å²) in [7, 11) is 0. The van der Waals surface area contributed by atoms with Gasteiger partial charge in [-0.1, -0.05) is 6.42 Å². The standard InChI is InChI=1S/C15H15F3N2O3/c16-15(17,18)11-5-4-8(6-19-11)13(21)20-7-9-2-1-3-10(9)12(20)14(22)23/h4-6,9-10,12H,1-3,7H2,(H,22,23). The van der Waals surface area contributed by atoms with E-state index >= 15 is 0 Å². The Morgan fingerprint density at radius 2 is 2.00 bits per heavy atom. The minimum absolute atomic E-state index is 0.0239. The Morgan fingerprint density at radius 1 is 1.26 bits per heavy atom. The third-order valence-corrected chi connectivity index (χ3v) is 4.71. The Bertz CT molecular complexity index is 630. The summed E-state index contributed by atoms with van der Waals surface area (Å²) in [6.07, 6.45) is -1.13. The Labute approximate surface area is 130 Å². The molecular formula is C15H15F3N2O3. The number of hydrogen-bond acceptors (Lipinski definition) is 3. The van der Waals surface area contributed by atoms with Crippen LogP contribution in [0.3, 0.4) is 0 Å². The zero-order valence-electron chi connectivity index (χ0n) is 12.1. The Hall–Kier alpha value is -2.12. The third-order valence-electron chi connectivity index (χ3n) is 4.71. The van der Waals surface area contributed by atoms with E-state index in [1.165, 1.54) is 4.90 Å². The van der Waals surface area contributed by atoms with Crippen LogP contribution in [0.2, 0.25) is 0 Å². The number of likely N-dealkylation sites (tertiary alicyclic amines) is 1. The lowest BCUT2D eigenvalue weighted by Gasteiger charge is -2.24. The van der Waals surface area contributed by atoms with E-state index in [0.29, 0.717) is 6.54 Å². The number of amides is 1. The number of halogens is 3. The van der Waals surface area contributed by atoms with Crippen molar-refractivity contribution in [3.8, 4) is 0 Å². The average molecular weight is 328 g/mol. The van der Waals surface area contributed by atoms with Gasteiger partial charge in [-0.25, -0.2) is 4.79 Å². The van der Waals surface area contributed by atoms with Gasteiger partial charge in [0.2, 0.25) is 0 Å². The summed E-state index contributed by atoms with van der Waals surface area (Å²) in [5.74, 6) is -1.55. The Kier molecular flexibility index (Phi) is 3.77. The predicted octanol–water partition coefficient (Wildman–Crippen LogP) is 2.43. The number of aliphatic carboxylic acids is 1. The van der Waals surface area contributed by atoms with Gasteiger partial charge in [-0.15, -0.1) is 0 Å². The van der Waals surface area contributed by atoms with Crippen molar-refractivity contribution < 1.29 is 27.9 Å². The molecule has 0 aromatic carbocycles. The third kappa shape index (κ3) is 2.77. The molecular weight excluding hydrogens is 313 g/mol. The molecule has 1 saturated heterocycles. The van der Waals surface area contributed by atoms with Crippen LogP contribution >= 0.6 is 0 Å². The summed E-state index contributed by atoms with van der Waals surface area (Å²) in [5.41, 5.74) is -1.11. The molecule has 1 amide bonds. The summed E-state index contributed by atoms with van der Waals surface area (Å²) >= 11 is 0. The van der Waals surface area contributed by atoms with Crippen LogP contribution in [0.4, 0.5) is 13.2 Å². The smallest absolute Gasteiger partial charge is 0.433 e. The van der Waals surface area contributed by atoms with Crippen LogP contribution in [-0.2, 0) is 11.0 Å². The molecule has 23 heavy (non-hydrogen) atoms. The highest BCUT2D eigenvalue weighted by Crippen LogP contribution is 2.42. The normalized spacial score (nSPS) is 27.1. The molecule has 1 N–H and O–H groups in total. The largest absolute Gasteiger partial charge is 0.480 e. The zero-order valence-corrected chi connectivity index (χ0v) is 12.1. The van der Waals surface area contributed by atoms with Crippen molar-refractivity contribution in [3.63, 3.8) is 0 Å². The SMILES string of the molecule is O=C(O)C1C2CCCC2CN1C(=O)c1ccc(C(F)(F)F)nc1. The molecule has 3 atom stereocenters. The molecule has 1 aromatic rings. The van der Waals surface area contributed by atoms with Gasteiger partial charge in [0.25, 0.3) is 5.91 Å². The van der Waals surface area contributed by atoms with Gasteiger partial charge < -0.3 is 10.0 Å². The van der Waals surface area contributed by atoms with Crippen LogP contribution in [0.15, 0.2) is 18.3 Å². The molecule has 2 fully saturated rings. The van der Waals surface area contributed by atoms with Gasteiger partial charge in [0.1, 0.15) is 11.7 Å². The van der Waals surface area contributed by atoms with Crippen LogP contribution in [0.1, 0.15) is 35.3 Å². The number of carboxylic acid groups (broad SMARTS) is 1. The summed E-state index contributed by atoms with van der Waals surface area (Å²) in [5, 5.41) is 9.42. The van der Waals surface area contributed by atoms with Crippen LogP contribution in [0.5, 0.6) is 0 Å². The van der Waals surface area contributed by atoms with Crippen molar-refractivity contribution in [3.05, 3.63) is 29.6 Å². The number of aromatic nitrogens is 1. The van der Waals surface area contributed by atoms with E-state index in [9.17, 15) is 27.9 Å². The molecule has 0 spiro atoms. The van der Waals surface area contributed by atoms with Gasteiger partial charge in [0.05, 0.1) is 5.56 Å². The topological polar surface area (TPSA) is 70.5 Å². The first-order valence-electron chi connectivity index (χ1n) is 7.36. The lowest BCUT2D eigenvalue weighted by atomic mass is 9.94. The van der Waals surface area contributed by atoms with Gasteiger partial charge in [0.15, 0.2) is 0 Å². The second-order valence-corrected chi connectivity index (χ2v) is 6.03. The monoisotopic (exact) mass is 328 g/mol. The summed E-state index contributed by atoms with van der Waals surface area (Å²) in [4.78, 5) is 28.5. The first kappa shape index (κ1) is 15.8. The molecule has 0 radical (unpaired) electrons. The molecule has 3 rings (SSSR count).